The zero-order valence-corrected chi connectivity index (χ0v) is 24.1. The molecule has 2 nitrogen and oxygen atoms in total. The van der Waals surface area contributed by atoms with Gasteiger partial charge in [0, 0.05) is 12.8 Å². The van der Waals surface area contributed by atoms with E-state index >= 15 is 0 Å². The largest absolute Gasteiger partial charge is 0.388 e. The Morgan fingerprint density at radius 3 is 2.54 bits per heavy atom. The molecule has 0 aliphatic heterocycles. The maximum absolute atomic E-state index is 11.6. The highest BCUT2D eigenvalue weighted by molar-refractivity contribution is 5.94. The Balaban J connectivity index is 1.45. The second-order valence-corrected chi connectivity index (χ2v) is 14.5. The Bertz CT molecular complexity index is 831. The van der Waals surface area contributed by atoms with Gasteiger partial charge in [-0.15, -0.1) is 0 Å². The summed E-state index contributed by atoms with van der Waals surface area (Å²) in [5.74, 6) is 3.84. The first-order valence-corrected chi connectivity index (χ1v) is 15.0. The molecular formula is C33H55NO. The summed E-state index contributed by atoms with van der Waals surface area (Å²) in [7, 11) is 1.89. The molecule has 2 heteroatoms. The number of hydrogen-bond acceptors (Lipinski definition) is 2. The van der Waals surface area contributed by atoms with Crippen molar-refractivity contribution in [1.82, 2.24) is 0 Å². The molecule has 0 bridgehead atoms. The third-order valence-electron chi connectivity index (χ3n) is 11.4. The number of aliphatic hydroxyl groups is 1. The Morgan fingerprint density at radius 1 is 1.09 bits per heavy atom. The fraction of sp³-hybridized carbons (Fsp3) is 0.848. The number of fused-ring (bicyclic) bond motifs is 5. The van der Waals surface area contributed by atoms with Crippen molar-refractivity contribution in [2.75, 3.05) is 7.05 Å². The van der Waals surface area contributed by atoms with Gasteiger partial charge >= 0.3 is 0 Å². The molecule has 4 aliphatic rings. The number of aliphatic hydroxyl groups excluding tert-OH is 1. The third kappa shape index (κ3) is 5.25. The zero-order valence-electron chi connectivity index (χ0n) is 24.1. The molecule has 8 atom stereocenters. The van der Waals surface area contributed by atoms with Crippen LogP contribution in [-0.2, 0) is 0 Å². The van der Waals surface area contributed by atoms with Crippen molar-refractivity contribution in [3.63, 3.8) is 0 Å². The second-order valence-electron chi connectivity index (χ2n) is 14.5. The Morgan fingerprint density at radius 2 is 1.86 bits per heavy atom. The molecule has 0 heterocycles. The molecule has 35 heavy (non-hydrogen) atoms. The van der Waals surface area contributed by atoms with Gasteiger partial charge in [-0.1, -0.05) is 53.2 Å². The van der Waals surface area contributed by atoms with E-state index in [2.05, 4.69) is 64.8 Å². The predicted molar refractivity (Wildman–Crippen MR) is 151 cm³/mol. The number of nitrogens with zero attached hydrogens (tertiary/aromatic N) is 1. The van der Waals surface area contributed by atoms with Crippen molar-refractivity contribution in [2.24, 2.45) is 50.8 Å². The van der Waals surface area contributed by atoms with Crippen LogP contribution < -0.4 is 0 Å². The molecule has 0 aromatic rings. The van der Waals surface area contributed by atoms with Gasteiger partial charge in [-0.3, -0.25) is 4.99 Å². The summed E-state index contributed by atoms with van der Waals surface area (Å²) in [5.41, 5.74) is 3.82. The SMILES string of the molecule is C/C=C\C(CCC1CCC2(C)C(=CCC3C2CCC2(C)C(CCCC(C)(C)C)CCC32)C1O)=NC. The van der Waals surface area contributed by atoms with Gasteiger partial charge in [-0.05, 0) is 135 Å². The number of allylic oxidation sites excluding steroid dienone is 3. The quantitative estimate of drug-likeness (QED) is 0.286. The molecule has 0 amide bonds. The van der Waals surface area contributed by atoms with E-state index in [1.807, 2.05) is 7.05 Å². The third-order valence-corrected chi connectivity index (χ3v) is 11.4. The van der Waals surface area contributed by atoms with Crippen molar-refractivity contribution in [3.8, 4) is 0 Å². The average molecular weight is 482 g/mol. The summed E-state index contributed by atoms with van der Waals surface area (Å²) in [5, 5.41) is 11.6. The fourth-order valence-corrected chi connectivity index (χ4v) is 9.36. The van der Waals surface area contributed by atoms with Crippen LogP contribution in [0.25, 0.3) is 0 Å². The van der Waals surface area contributed by atoms with Crippen molar-refractivity contribution in [1.29, 1.82) is 0 Å². The summed E-state index contributed by atoms with van der Waals surface area (Å²) in [6, 6.07) is 0. The summed E-state index contributed by atoms with van der Waals surface area (Å²) in [6.45, 7) is 14.5. The summed E-state index contributed by atoms with van der Waals surface area (Å²) in [6.07, 6.45) is 22.1. The molecule has 4 aliphatic carbocycles. The first-order valence-electron chi connectivity index (χ1n) is 15.0. The van der Waals surface area contributed by atoms with E-state index in [0.717, 1.165) is 42.2 Å². The minimum absolute atomic E-state index is 0.218. The predicted octanol–water partition coefficient (Wildman–Crippen LogP) is 8.80. The second kappa shape index (κ2) is 10.5. The first-order chi connectivity index (χ1) is 16.5. The normalized spacial score (nSPS) is 41.9. The number of rotatable bonds is 7. The zero-order chi connectivity index (χ0) is 25.4. The fourth-order valence-electron chi connectivity index (χ4n) is 9.36. The van der Waals surface area contributed by atoms with Crippen LogP contribution in [0.5, 0.6) is 0 Å². The molecule has 0 radical (unpaired) electrons. The molecule has 3 saturated carbocycles. The van der Waals surface area contributed by atoms with Gasteiger partial charge in [0.05, 0.1) is 6.10 Å². The lowest BCUT2D eigenvalue weighted by molar-refractivity contribution is -0.0619. The Labute approximate surface area is 217 Å². The van der Waals surface area contributed by atoms with Crippen molar-refractivity contribution in [3.05, 3.63) is 23.8 Å². The number of aliphatic imine (C=N–C) groups is 1. The van der Waals surface area contributed by atoms with Crippen LogP contribution in [0.4, 0.5) is 0 Å². The van der Waals surface area contributed by atoms with Gasteiger partial charge < -0.3 is 5.11 Å². The minimum Gasteiger partial charge on any atom is -0.388 e. The summed E-state index contributed by atoms with van der Waals surface area (Å²) >= 11 is 0. The molecule has 198 valence electrons. The maximum atomic E-state index is 11.6. The molecule has 3 fully saturated rings. The molecule has 0 aromatic heterocycles. The van der Waals surface area contributed by atoms with Crippen LogP contribution >= 0.6 is 0 Å². The van der Waals surface area contributed by atoms with Gasteiger partial charge in [0.25, 0.3) is 0 Å². The smallest absolute Gasteiger partial charge is 0.0783 e. The monoisotopic (exact) mass is 481 g/mol. The van der Waals surface area contributed by atoms with Crippen molar-refractivity contribution in [2.45, 2.75) is 125 Å². The molecule has 0 aromatic carbocycles. The lowest BCUT2D eigenvalue weighted by Gasteiger charge is -2.59. The van der Waals surface area contributed by atoms with E-state index in [-0.39, 0.29) is 11.5 Å². The van der Waals surface area contributed by atoms with Crippen molar-refractivity contribution >= 4 is 5.71 Å². The van der Waals surface area contributed by atoms with Crippen molar-refractivity contribution < 1.29 is 5.11 Å². The highest BCUT2D eigenvalue weighted by Gasteiger charge is 2.59. The van der Waals surface area contributed by atoms with E-state index in [0.29, 0.717) is 16.7 Å². The highest BCUT2D eigenvalue weighted by Crippen LogP contribution is 2.67. The maximum Gasteiger partial charge on any atom is 0.0783 e. The lowest BCUT2D eigenvalue weighted by Crippen LogP contribution is -2.52. The van der Waals surface area contributed by atoms with Crippen LogP contribution in [0.3, 0.4) is 0 Å². The average Bonchev–Trinajstić information content (AvgIpc) is 3.13. The Hall–Kier alpha value is -0.890. The Kier molecular flexibility index (Phi) is 8.12. The first kappa shape index (κ1) is 27.2. The lowest BCUT2D eigenvalue weighted by atomic mass is 9.46. The standard InChI is InChI=1S/C33H55NO/c1-8-10-25(34-7)14-12-23-18-21-33(6)28-19-22-32(5)24(11-9-20-31(2,3)4)13-16-27(32)26(28)15-17-29(33)30(23)35/h8,10,17,23-24,26-28,30,35H,9,11-16,18-22H2,1-7H3/b10-8-,34-25?. The topological polar surface area (TPSA) is 32.6 Å². The van der Waals surface area contributed by atoms with E-state index in [1.54, 1.807) is 0 Å². The van der Waals surface area contributed by atoms with Crippen LogP contribution in [0, 0.1) is 45.8 Å². The highest BCUT2D eigenvalue weighted by atomic mass is 16.3. The molecule has 1 N–H and O–H groups in total. The van der Waals surface area contributed by atoms with Crippen LogP contribution in [0.2, 0.25) is 0 Å². The summed E-state index contributed by atoms with van der Waals surface area (Å²) in [4.78, 5) is 4.44. The van der Waals surface area contributed by atoms with Gasteiger partial charge in [0.1, 0.15) is 0 Å². The molecule has 8 unspecified atom stereocenters. The van der Waals surface area contributed by atoms with E-state index < -0.39 is 0 Å². The van der Waals surface area contributed by atoms with Gasteiger partial charge in [0.2, 0.25) is 0 Å². The minimum atomic E-state index is -0.250. The summed E-state index contributed by atoms with van der Waals surface area (Å²) < 4.78 is 0. The van der Waals surface area contributed by atoms with Crippen LogP contribution in [0.15, 0.2) is 28.8 Å². The van der Waals surface area contributed by atoms with Crippen LogP contribution in [-0.4, -0.2) is 24.0 Å². The number of hydrogen-bond donors (Lipinski definition) is 1. The van der Waals surface area contributed by atoms with E-state index in [1.165, 1.54) is 69.8 Å². The van der Waals surface area contributed by atoms with Gasteiger partial charge in [0.15, 0.2) is 0 Å². The van der Waals surface area contributed by atoms with E-state index in [4.69, 9.17) is 0 Å². The van der Waals surface area contributed by atoms with Gasteiger partial charge in [-0.2, -0.15) is 0 Å². The van der Waals surface area contributed by atoms with Crippen LogP contribution in [0.1, 0.15) is 119 Å². The van der Waals surface area contributed by atoms with E-state index in [9.17, 15) is 5.11 Å². The van der Waals surface area contributed by atoms with Gasteiger partial charge in [-0.25, -0.2) is 0 Å². The molecular weight excluding hydrogens is 426 g/mol. The molecule has 0 saturated heterocycles. The molecule has 0 spiro atoms. The molecule has 4 rings (SSSR count).